The summed E-state index contributed by atoms with van der Waals surface area (Å²) in [5, 5.41) is 0.738. The number of fused-ring (bicyclic) bond motifs is 1. The lowest BCUT2D eigenvalue weighted by Gasteiger charge is -2.29. The van der Waals surface area contributed by atoms with Crippen molar-refractivity contribution in [3.63, 3.8) is 0 Å². The van der Waals surface area contributed by atoms with Crippen LogP contribution in [0.3, 0.4) is 0 Å². The number of nitrogens with one attached hydrogen (secondary N) is 2. The molecule has 3 heterocycles. The zero-order valence-electron chi connectivity index (χ0n) is 15.7. The number of thiophene rings is 1. The summed E-state index contributed by atoms with van der Waals surface area (Å²) in [6.45, 7) is 8.44. The van der Waals surface area contributed by atoms with Crippen LogP contribution in [0.2, 0.25) is 0 Å². The van der Waals surface area contributed by atoms with E-state index in [1.54, 1.807) is 11.3 Å². The van der Waals surface area contributed by atoms with Gasteiger partial charge in [0.15, 0.2) is 5.82 Å². The average Bonchev–Trinajstić information content (AvgIpc) is 2.94. The molecule has 0 radical (unpaired) electrons. The Morgan fingerprint density at radius 3 is 2.73 bits per heavy atom. The molecule has 2 atom stereocenters. The predicted molar refractivity (Wildman–Crippen MR) is 108 cm³/mol. The van der Waals surface area contributed by atoms with E-state index >= 15 is 0 Å². The third kappa shape index (κ3) is 3.21. The van der Waals surface area contributed by atoms with Crippen molar-refractivity contribution >= 4 is 21.6 Å². The van der Waals surface area contributed by atoms with Crippen LogP contribution in [0.5, 0.6) is 0 Å². The van der Waals surface area contributed by atoms with Crippen LogP contribution in [0.25, 0.3) is 21.3 Å². The van der Waals surface area contributed by atoms with E-state index < -0.39 is 0 Å². The lowest BCUT2D eigenvalue weighted by atomic mass is 10.0. The second kappa shape index (κ2) is 6.97. The minimum atomic E-state index is -0.00557. The molecule has 0 aliphatic carbocycles. The molecule has 5 heteroatoms. The summed E-state index contributed by atoms with van der Waals surface area (Å²) < 4.78 is 0. The number of benzene rings is 1. The molecule has 4 nitrogen and oxygen atoms in total. The smallest absolute Gasteiger partial charge is 0.260 e. The summed E-state index contributed by atoms with van der Waals surface area (Å²) in [7, 11) is 0. The van der Waals surface area contributed by atoms with Crippen LogP contribution in [-0.2, 0) is 6.54 Å². The maximum atomic E-state index is 12.9. The maximum Gasteiger partial charge on any atom is 0.260 e. The Bertz CT molecular complexity index is 987. The van der Waals surface area contributed by atoms with Gasteiger partial charge in [-0.2, -0.15) is 0 Å². The molecule has 0 spiro atoms. The first-order valence-electron chi connectivity index (χ1n) is 9.47. The minimum Gasteiger partial charge on any atom is -0.326 e. The van der Waals surface area contributed by atoms with Crippen molar-refractivity contribution < 1.29 is 4.90 Å². The Morgan fingerprint density at radius 1 is 1.23 bits per heavy atom. The molecule has 2 N–H and O–H groups in total. The molecular formula is C21H26N3OS+. The van der Waals surface area contributed by atoms with Gasteiger partial charge in [-0.3, -0.25) is 4.79 Å². The van der Waals surface area contributed by atoms with E-state index in [-0.39, 0.29) is 5.56 Å². The van der Waals surface area contributed by atoms with Crippen molar-refractivity contribution in [2.24, 2.45) is 0 Å². The molecule has 1 unspecified atom stereocenters. The minimum absolute atomic E-state index is 0.00557. The second-order valence-corrected chi connectivity index (χ2v) is 8.78. The van der Waals surface area contributed by atoms with Crippen LogP contribution >= 0.6 is 11.3 Å². The molecule has 1 aliphatic heterocycles. The normalized spacial score (nSPS) is 20.6. The van der Waals surface area contributed by atoms with Crippen LogP contribution < -0.4 is 10.5 Å². The highest BCUT2D eigenvalue weighted by Gasteiger charge is 2.24. The van der Waals surface area contributed by atoms with Gasteiger partial charge < -0.3 is 9.88 Å². The van der Waals surface area contributed by atoms with E-state index in [1.807, 2.05) is 0 Å². The highest BCUT2D eigenvalue weighted by molar-refractivity contribution is 7.19. The second-order valence-electron chi connectivity index (χ2n) is 7.57. The number of aryl methyl sites for hydroxylation is 2. The number of aromatic nitrogens is 2. The van der Waals surface area contributed by atoms with E-state index in [2.05, 4.69) is 50.0 Å². The molecule has 0 bridgehead atoms. The van der Waals surface area contributed by atoms with Crippen molar-refractivity contribution in [3.05, 3.63) is 50.9 Å². The molecule has 26 heavy (non-hydrogen) atoms. The van der Waals surface area contributed by atoms with Gasteiger partial charge >= 0.3 is 0 Å². The zero-order valence-corrected chi connectivity index (χ0v) is 16.5. The molecule has 4 rings (SSSR count). The molecule has 0 amide bonds. The van der Waals surface area contributed by atoms with Crippen molar-refractivity contribution in [1.82, 2.24) is 9.97 Å². The Hall–Kier alpha value is -1.98. The van der Waals surface area contributed by atoms with Gasteiger partial charge in [-0.15, -0.1) is 11.3 Å². The fraction of sp³-hybridized carbons (Fsp3) is 0.429. The number of likely N-dealkylation sites (tertiary alicyclic amines) is 1. The van der Waals surface area contributed by atoms with E-state index in [9.17, 15) is 4.79 Å². The van der Waals surface area contributed by atoms with Crippen LogP contribution in [0, 0.1) is 13.8 Å². The lowest BCUT2D eigenvalue weighted by Crippen LogP contribution is -3.15. The Kier molecular flexibility index (Phi) is 4.67. The number of rotatable bonds is 3. The van der Waals surface area contributed by atoms with Crippen molar-refractivity contribution in [2.75, 3.05) is 6.54 Å². The summed E-state index contributed by atoms with van der Waals surface area (Å²) >= 11 is 1.63. The summed E-state index contributed by atoms with van der Waals surface area (Å²) in [6.07, 6.45) is 3.84. The van der Waals surface area contributed by atoms with Gasteiger partial charge in [0.25, 0.3) is 5.56 Å². The third-order valence-electron chi connectivity index (χ3n) is 5.60. The standard InChI is InChI=1S/C21H25N3OS/c1-13-7-9-16(10-8-13)18-15(3)26-21-19(18)20(25)22-17(23-21)12-24-11-5-4-6-14(24)2/h7-10,14H,4-6,11-12H2,1-3H3,(H,22,23,25)/p+1/t14-/m0/s1. The number of hydrogen-bond acceptors (Lipinski definition) is 3. The van der Waals surface area contributed by atoms with Crippen LogP contribution in [-0.4, -0.2) is 22.6 Å². The predicted octanol–water partition coefficient (Wildman–Crippen LogP) is 3.23. The van der Waals surface area contributed by atoms with Gasteiger partial charge in [-0.1, -0.05) is 29.8 Å². The van der Waals surface area contributed by atoms with Crippen molar-refractivity contribution in [3.8, 4) is 11.1 Å². The van der Waals surface area contributed by atoms with Gasteiger partial charge in [0.1, 0.15) is 11.4 Å². The SMILES string of the molecule is Cc1ccc(-c2c(C)sc3nc(C[NH+]4CCCC[C@@H]4C)[nH]c(=O)c23)cc1. The molecule has 0 saturated carbocycles. The van der Waals surface area contributed by atoms with Crippen molar-refractivity contribution in [2.45, 2.75) is 52.6 Å². The van der Waals surface area contributed by atoms with E-state index in [0.717, 1.165) is 38.6 Å². The number of piperidine rings is 1. The Balaban J connectivity index is 1.75. The van der Waals surface area contributed by atoms with E-state index in [4.69, 9.17) is 4.98 Å². The summed E-state index contributed by atoms with van der Waals surface area (Å²) in [6, 6.07) is 9.01. The molecule has 1 aliphatic rings. The van der Waals surface area contributed by atoms with Gasteiger partial charge in [-0.25, -0.2) is 4.98 Å². The molecule has 2 aromatic heterocycles. The topological polar surface area (TPSA) is 50.2 Å². The molecule has 1 fully saturated rings. The molecule has 1 aromatic carbocycles. The Labute approximate surface area is 157 Å². The Morgan fingerprint density at radius 2 is 2.00 bits per heavy atom. The first-order valence-corrected chi connectivity index (χ1v) is 10.3. The van der Waals surface area contributed by atoms with Crippen LogP contribution in [0.1, 0.15) is 42.5 Å². The third-order valence-corrected chi connectivity index (χ3v) is 6.60. The first kappa shape index (κ1) is 17.4. The number of hydrogen-bond donors (Lipinski definition) is 2. The summed E-state index contributed by atoms with van der Waals surface area (Å²) in [4.78, 5) is 24.3. The lowest BCUT2D eigenvalue weighted by molar-refractivity contribution is -0.942. The molecule has 136 valence electrons. The van der Waals surface area contributed by atoms with Gasteiger partial charge in [0, 0.05) is 10.4 Å². The average molecular weight is 369 g/mol. The molecular weight excluding hydrogens is 342 g/mol. The highest BCUT2D eigenvalue weighted by atomic mass is 32.1. The van der Waals surface area contributed by atoms with Gasteiger partial charge in [-0.05, 0) is 45.6 Å². The quantitative estimate of drug-likeness (QED) is 0.746. The van der Waals surface area contributed by atoms with E-state index in [0.29, 0.717) is 6.04 Å². The fourth-order valence-electron chi connectivity index (χ4n) is 4.05. The van der Waals surface area contributed by atoms with E-state index in [1.165, 1.54) is 36.3 Å². The number of quaternary nitrogens is 1. The fourth-order valence-corrected chi connectivity index (χ4v) is 5.11. The number of H-pyrrole nitrogens is 1. The van der Waals surface area contributed by atoms with Crippen molar-refractivity contribution in [1.29, 1.82) is 0 Å². The number of nitrogens with zero attached hydrogens (tertiary/aromatic N) is 1. The first-order chi connectivity index (χ1) is 12.5. The maximum absolute atomic E-state index is 12.9. The monoisotopic (exact) mass is 368 g/mol. The van der Waals surface area contributed by atoms with Crippen LogP contribution in [0.15, 0.2) is 29.1 Å². The summed E-state index contributed by atoms with van der Waals surface area (Å²) in [5.41, 5.74) is 3.34. The summed E-state index contributed by atoms with van der Waals surface area (Å²) in [5.74, 6) is 0.822. The highest BCUT2D eigenvalue weighted by Crippen LogP contribution is 2.35. The van der Waals surface area contributed by atoms with Crippen LogP contribution in [0.4, 0.5) is 0 Å². The van der Waals surface area contributed by atoms with Gasteiger partial charge in [0.2, 0.25) is 0 Å². The largest absolute Gasteiger partial charge is 0.326 e. The molecule has 3 aromatic rings. The van der Waals surface area contributed by atoms with Gasteiger partial charge in [0.05, 0.1) is 18.0 Å². The zero-order chi connectivity index (χ0) is 18.3. The number of aromatic amines is 1. The molecule has 1 saturated heterocycles.